The lowest BCUT2D eigenvalue weighted by atomic mass is 9.97. The van der Waals surface area contributed by atoms with Crippen LogP contribution in [0.4, 0.5) is 5.69 Å². The third-order valence-corrected chi connectivity index (χ3v) is 3.45. The lowest BCUT2D eigenvalue weighted by Crippen LogP contribution is -2.23. The Hall–Kier alpha value is -1.42. The molecule has 0 aromatic heterocycles. The molecule has 4 heteroatoms. The maximum Gasteiger partial charge on any atom is 0.142 e. The summed E-state index contributed by atoms with van der Waals surface area (Å²) in [6.07, 6.45) is 0. The van der Waals surface area contributed by atoms with E-state index in [9.17, 15) is 5.11 Å². The minimum Gasteiger partial charge on any atom is -0.496 e. The molecule has 4 nitrogen and oxygen atoms in total. The summed E-state index contributed by atoms with van der Waals surface area (Å²) in [6, 6.07) is 3.88. The molecule has 1 unspecified atom stereocenters. The Morgan fingerprint density at radius 3 is 2.26 bits per heavy atom. The maximum absolute atomic E-state index is 9.35. The van der Waals surface area contributed by atoms with Gasteiger partial charge in [0.1, 0.15) is 11.5 Å². The third-order valence-electron chi connectivity index (χ3n) is 3.45. The van der Waals surface area contributed by atoms with Crippen molar-refractivity contribution in [2.45, 2.75) is 20.8 Å². The van der Waals surface area contributed by atoms with Crippen molar-refractivity contribution in [1.82, 2.24) is 0 Å². The molecule has 0 saturated carbocycles. The van der Waals surface area contributed by atoms with Crippen molar-refractivity contribution in [1.29, 1.82) is 0 Å². The number of aliphatic hydroxyl groups excluding tert-OH is 1. The lowest BCUT2D eigenvalue weighted by Gasteiger charge is -2.21. The number of hydrogen-bond donors (Lipinski definition) is 2. The second-order valence-corrected chi connectivity index (χ2v) is 5.09. The van der Waals surface area contributed by atoms with Crippen LogP contribution in [0.5, 0.6) is 11.5 Å². The molecule has 1 aromatic carbocycles. The monoisotopic (exact) mass is 267 g/mol. The zero-order valence-corrected chi connectivity index (χ0v) is 12.5. The summed E-state index contributed by atoms with van der Waals surface area (Å²) in [4.78, 5) is 0. The van der Waals surface area contributed by atoms with Crippen LogP contribution in [-0.4, -0.2) is 32.5 Å². The van der Waals surface area contributed by atoms with Gasteiger partial charge in [-0.2, -0.15) is 0 Å². The smallest absolute Gasteiger partial charge is 0.142 e. The molecule has 0 aliphatic rings. The van der Waals surface area contributed by atoms with E-state index in [0.29, 0.717) is 12.5 Å². The van der Waals surface area contributed by atoms with Crippen molar-refractivity contribution in [3.63, 3.8) is 0 Å². The van der Waals surface area contributed by atoms with Gasteiger partial charge in [-0.3, -0.25) is 0 Å². The van der Waals surface area contributed by atoms with Crippen LogP contribution in [0.3, 0.4) is 0 Å². The zero-order chi connectivity index (χ0) is 14.4. The summed E-state index contributed by atoms with van der Waals surface area (Å²) >= 11 is 0. The summed E-state index contributed by atoms with van der Waals surface area (Å²) in [5, 5.41) is 12.7. The zero-order valence-electron chi connectivity index (χ0n) is 12.5. The highest BCUT2D eigenvalue weighted by Crippen LogP contribution is 2.32. The lowest BCUT2D eigenvalue weighted by molar-refractivity contribution is 0.198. The molecular formula is C15H25NO3. The van der Waals surface area contributed by atoms with E-state index < -0.39 is 0 Å². The van der Waals surface area contributed by atoms with Gasteiger partial charge in [-0.1, -0.05) is 13.8 Å². The number of rotatable bonds is 7. The van der Waals surface area contributed by atoms with Gasteiger partial charge >= 0.3 is 0 Å². The van der Waals surface area contributed by atoms with Crippen LogP contribution in [0.25, 0.3) is 0 Å². The predicted molar refractivity (Wildman–Crippen MR) is 78.2 cm³/mol. The highest BCUT2D eigenvalue weighted by atomic mass is 16.5. The molecule has 0 fully saturated rings. The van der Waals surface area contributed by atoms with Crippen LogP contribution in [0.2, 0.25) is 0 Å². The quantitative estimate of drug-likeness (QED) is 0.797. The van der Waals surface area contributed by atoms with E-state index in [-0.39, 0.29) is 12.5 Å². The Bertz CT molecular complexity index is 405. The molecule has 0 radical (unpaired) electrons. The molecule has 0 amide bonds. The van der Waals surface area contributed by atoms with Crippen molar-refractivity contribution in [3.8, 4) is 11.5 Å². The van der Waals surface area contributed by atoms with Gasteiger partial charge in [0.15, 0.2) is 0 Å². The molecule has 19 heavy (non-hydrogen) atoms. The number of aryl methyl sites for hydroxylation is 1. The fourth-order valence-corrected chi connectivity index (χ4v) is 1.94. The number of ether oxygens (including phenoxy) is 2. The fraction of sp³-hybridized carbons (Fsp3) is 0.600. The molecular weight excluding hydrogens is 242 g/mol. The second-order valence-electron chi connectivity index (χ2n) is 5.09. The summed E-state index contributed by atoms with van der Waals surface area (Å²) < 4.78 is 10.7. The van der Waals surface area contributed by atoms with Crippen molar-refractivity contribution in [2.24, 2.45) is 11.8 Å². The number of nitrogens with one attached hydrogen (secondary N) is 1. The van der Waals surface area contributed by atoms with Gasteiger partial charge in [-0.05, 0) is 24.5 Å². The van der Waals surface area contributed by atoms with Gasteiger partial charge in [-0.15, -0.1) is 0 Å². The standard InChI is InChI=1S/C15H25NO3/c1-10(2)12(9-17)8-16-13-7-14(18-4)11(3)6-15(13)19-5/h6-7,10,12,16-17H,8-9H2,1-5H3. The van der Waals surface area contributed by atoms with Crippen LogP contribution in [0, 0.1) is 18.8 Å². The van der Waals surface area contributed by atoms with E-state index in [1.54, 1.807) is 14.2 Å². The molecule has 2 N–H and O–H groups in total. The molecule has 0 bridgehead atoms. The average molecular weight is 267 g/mol. The molecule has 0 heterocycles. The Morgan fingerprint density at radius 2 is 1.79 bits per heavy atom. The Kier molecular flexibility index (Phi) is 5.96. The number of anilines is 1. The number of benzene rings is 1. The van der Waals surface area contributed by atoms with E-state index in [2.05, 4.69) is 19.2 Å². The summed E-state index contributed by atoms with van der Waals surface area (Å²) in [6.45, 7) is 7.08. The van der Waals surface area contributed by atoms with Crippen LogP contribution in [-0.2, 0) is 0 Å². The highest BCUT2D eigenvalue weighted by Gasteiger charge is 2.14. The fourth-order valence-electron chi connectivity index (χ4n) is 1.94. The van der Waals surface area contributed by atoms with E-state index in [1.807, 2.05) is 19.1 Å². The first-order valence-electron chi connectivity index (χ1n) is 6.60. The Balaban J connectivity index is 2.87. The van der Waals surface area contributed by atoms with Gasteiger partial charge < -0.3 is 19.9 Å². The summed E-state index contributed by atoms with van der Waals surface area (Å²) in [7, 11) is 3.31. The minimum atomic E-state index is 0.177. The van der Waals surface area contributed by atoms with E-state index in [1.165, 1.54) is 0 Å². The normalized spacial score (nSPS) is 12.4. The molecule has 1 rings (SSSR count). The van der Waals surface area contributed by atoms with Crippen molar-refractivity contribution < 1.29 is 14.6 Å². The van der Waals surface area contributed by atoms with E-state index >= 15 is 0 Å². The van der Waals surface area contributed by atoms with E-state index in [0.717, 1.165) is 22.7 Å². The van der Waals surface area contributed by atoms with Crippen LogP contribution >= 0.6 is 0 Å². The maximum atomic E-state index is 9.35. The van der Waals surface area contributed by atoms with E-state index in [4.69, 9.17) is 9.47 Å². The molecule has 0 spiro atoms. The van der Waals surface area contributed by atoms with Gasteiger partial charge in [0.25, 0.3) is 0 Å². The van der Waals surface area contributed by atoms with Crippen molar-refractivity contribution in [2.75, 3.05) is 32.7 Å². The first-order valence-corrected chi connectivity index (χ1v) is 6.60. The first kappa shape index (κ1) is 15.6. The van der Waals surface area contributed by atoms with Crippen LogP contribution in [0.1, 0.15) is 19.4 Å². The Morgan fingerprint density at radius 1 is 1.16 bits per heavy atom. The minimum absolute atomic E-state index is 0.177. The van der Waals surface area contributed by atoms with Gasteiger partial charge in [0.2, 0.25) is 0 Å². The Labute approximate surface area is 115 Å². The summed E-state index contributed by atoms with van der Waals surface area (Å²) in [5.74, 6) is 2.26. The average Bonchev–Trinajstić information content (AvgIpc) is 2.39. The highest BCUT2D eigenvalue weighted by molar-refractivity contribution is 5.62. The molecule has 1 atom stereocenters. The number of hydrogen-bond acceptors (Lipinski definition) is 4. The van der Waals surface area contributed by atoms with Crippen LogP contribution < -0.4 is 14.8 Å². The largest absolute Gasteiger partial charge is 0.496 e. The molecule has 0 saturated heterocycles. The first-order chi connectivity index (χ1) is 9.03. The SMILES string of the molecule is COc1cc(NCC(CO)C(C)C)c(OC)cc1C. The molecule has 0 aliphatic carbocycles. The molecule has 0 aliphatic heterocycles. The predicted octanol–water partition coefficient (Wildman–Crippen LogP) is 2.69. The molecule has 1 aromatic rings. The second kappa shape index (κ2) is 7.24. The topological polar surface area (TPSA) is 50.7 Å². The number of methoxy groups -OCH3 is 2. The van der Waals surface area contributed by atoms with Crippen molar-refractivity contribution >= 4 is 5.69 Å². The number of aliphatic hydroxyl groups is 1. The van der Waals surface area contributed by atoms with Gasteiger partial charge in [0.05, 0.1) is 19.9 Å². The van der Waals surface area contributed by atoms with Crippen molar-refractivity contribution in [3.05, 3.63) is 17.7 Å². The molecule has 108 valence electrons. The third kappa shape index (κ3) is 4.03. The van der Waals surface area contributed by atoms with Crippen LogP contribution in [0.15, 0.2) is 12.1 Å². The summed E-state index contributed by atoms with van der Waals surface area (Å²) in [5.41, 5.74) is 1.93. The van der Waals surface area contributed by atoms with Gasteiger partial charge in [-0.25, -0.2) is 0 Å². The van der Waals surface area contributed by atoms with Gasteiger partial charge in [0, 0.05) is 25.1 Å².